The van der Waals surface area contributed by atoms with Crippen LogP contribution in [-0.2, 0) is 6.42 Å². The molecule has 3 heterocycles. The van der Waals surface area contributed by atoms with Gasteiger partial charge in [-0.3, -0.25) is 4.90 Å². The van der Waals surface area contributed by atoms with Crippen LogP contribution in [0.1, 0.15) is 22.8 Å². The van der Waals surface area contributed by atoms with E-state index in [1.54, 1.807) is 0 Å². The molecule has 0 unspecified atom stereocenters. The Morgan fingerprint density at radius 1 is 0.857 bits per heavy atom. The number of aryl methyl sites for hydroxylation is 3. The van der Waals surface area contributed by atoms with Crippen LogP contribution in [0, 0.1) is 20.8 Å². The van der Waals surface area contributed by atoms with Crippen molar-refractivity contribution in [2.45, 2.75) is 27.2 Å². The van der Waals surface area contributed by atoms with Gasteiger partial charge in [0.1, 0.15) is 11.6 Å². The SMILES string of the molecule is Cc1cc(C)n(-c2cc(N3CCN(CCc4ccccc4)CC3)nc(C)n2)n1. The van der Waals surface area contributed by atoms with E-state index in [1.807, 2.05) is 18.5 Å². The van der Waals surface area contributed by atoms with Gasteiger partial charge in [0.15, 0.2) is 5.82 Å². The van der Waals surface area contributed by atoms with E-state index in [1.165, 1.54) is 5.56 Å². The zero-order chi connectivity index (χ0) is 19.5. The van der Waals surface area contributed by atoms with Crippen LogP contribution < -0.4 is 4.90 Å². The fourth-order valence-corrected chi connectivity index (χ4v) is 3.80. The second-order valence-corrected chi connectivity index (χ2v) is 7.53. The van der Waals surface area contributed by atoms with Crippen LogP contribution in [-0.4, -0.2) is 57.4 Å². The summed E-state index contributed by atoms with van der Waals surface area (Å²) >= 11 is 0. The summed E-state index contributed by atoms with van der Waals surface area (Å²) in [5, 5.41) is 4.57. The van der Waals surface area contributed by atoms with Crippen LogP contribution in [0.3, 0.4) is 0 Å². The van der Waals surface area contributed by atoms with Gasteiger partial charge in [-0.05, 0) is 38.8 Å². The molecule has 0 bridgehead atoms. The fraction of sp³-hybridized carbons (Fsp3) is 0.409. The Morgan fingerprint density at radius 3 is 2.25 bits per heavy atom. The van der Waals surface area contributed by atoms with Gasteiger partial charge in [-0.1, -0.05) is 30.3 Å². The largest absolute Gasteiger partial charge is 0.354 e. The van der Waals surface area contributed by atoms with Crippen LogP contribution >= 0.6 is 0 Å². The average Bonchev–Trinajstić information content (AvgIpc) is 3.05. The smallest absolute Gasteiger partial charge is 0.159 e. The Bertz CT molecular complexity index is 925. The van der Waals surface area contributed by atoms with Gasteiger partial charge in [-0.25, -0.2) is 14.6 Å². The van der Waals surface area contributed by atoms with Crippen LogP contribution in [0.4, 0.5) is 5.82 Å². The lowest BCUT2D eigenvalue weighted by atomic mass is 10.1. The van der Waals surface area contributed by atoms with Gasteiger partial charge in [0.25, 0.3) is 0 Å². The van der Waals surface area contributed by atoms with Gasteiger partial charge in [-0.2, -0.15) is 5.10 Å². The van der Waals surface area contributed by atoms with E-state index >= 15 is 0 Å². The molecule has 1 aromatic carbocycles. The summed E-state index contributed by atoms with van der Waals surface area (Å²) in [6.45, 7) is 11.2. The minimum atomic E-state index is 0.784. The Kier molecular flexibility index (Phi) is 5.39. The summed E-state index contributed by atoms with van der Waals surface area (Å²) in [6, 6.07) is 14.9. The Balaban J connectivity index is 1.41. The van der Waals surface area contributed by atoms with Crippen molar-refractivity contribution < 1.29 is 0 Å². The number of anilines is 1. The molecule has 2 aromatic heterocycles. The Morgan fingerprint density at radius 2 is 1.57 bits per heavy atom. The van der Waals surface area contributed by atoms with Crippen LogP contribution in [0.5, 0.6) is 0 Å². The number of hydrogen-bond acceptors (Lipinski definition) is 5. The summed E-state index contributed by atoms with van der Waals surface area (Å²) in [5.41, 5.74) is 3.50. The molecular formula is C22H28N6. The molecule has 0 amide bonds. The highest BCUT2D eigenvalue weighted by Crippen LogP contribution is 2.19. The molecule has 0 atom stereocenters. The highest BCUT2D eigenvalue weighted by Gasteiger charge is 2.19. The number of nitrogens with zero attached hydrogens (tertiary/aromatic N) is 6. The summed E-state index contributed by atoms with van der Waals surface area (Å²) in [5.74, 6) is 2.63. The Labute approximate surface area is 166 Å². The van der Waals surface area contributed by atoms with E-state index in [9.17, 15) is 0 Å². The third kappa shape index (κ3) is 4.22. The van der Waals surface area contributed by atoms with Crippen LogP contribution in [0.2, 0.25) is 0 Å². The highest BCUT2D eigenvalue weighted by molar-refractivity contribution is 5.45. The van der Waals surface area contributed by atoms with Gasteiger partial charge in [-0.15, -0.1) is 0 Å². The lowest BCUT2D eigenvalue weighted by Crippen LogP contribution is -2.47. The third-order valence-corrected chi connectivity index (χ3v) is 5.29. The predicted molar refractivity (Wildman–Crippen MR) is 112 cm³/mol. The van der Waals surface area contributed by atoms with Crippen molar-refractivity contribution >= 4 is 5.82 Å². The number of aromatic nitrogens is 4. The molecule has 0 N–H and O–H groups in total. The highest BCUT2D eigenvalue weighted by atomic mass is 15.3. The van der Waals surface area contributed by atoms with Gasteiger partial charge < -0.3 is 4.90 Å². The maximum absolute atomic E-state index is 4.69. The van der Waals surface area contributed by atoms with Crippen molar-refractivity contribution in [3.8, 4) is 5.82 Å². The van der Waals surface area contributed by atoms with E-state index in [0.29, 0.717) is 0 Å². The molecule has 4 rings (SSSR count). The standard InChI is InChI=1S/C22H28N6/c1-17-15-18(2)28(25-17)22-16-21(23-19(3)24-22)27-13-11-26(12-14-27)10-9-20-7-5-4-6-8-20/h4-8,15-16H,9-14H2,1-3H3. The summed E-state index contributed by atoms with van der Waals surface area (Å²) < 4.78 is 1.91. The van der Waals surface area contributed by atoms with Gasteiger partial charge in [0.05, 0.1) is 5.69 Å². The van der Waals surface area contributed by atoms with Crippen molar-refractivity contribution in [1.29, 1.82) is 0 Å². The number of piperazine rings is 1. The topological polar surface area (TPSA) is 50.1 Å². The molecule has 0 aliphatic carbocycles. The van der Waals surface area contributed by atoms with Crippen molar-refractivity contribution in [3.63, 3.8) is 0 Å². The molecular weight excluding hydrogens is 348 g/mol. The quantitative estimate of drug-likeness (QED) is 0.685. The van der Waals surface area contributed by atoms with Gasteiger partial charge in [0.2, 0.25) is 0 Å². The minimum absolute atomic E-state index is 0.784. The molecule has 1 aliphatic rings. The Hall–Kier alpha value is -2.73. The molecule has 0 radical (unpaired) electrons. The second-order valence-electron chi connectivity index (χ2n) is 7.53. The van der Waals surface area contributed by atoms with E-state index in [2.05, 4.69) is 69.3 Å². The van der Waals surface area contributed by atoms with E-state index < -0.39 is 0 Å². The van der Waals surface area contributed by atoms with Crippen molar-refractivity contribution in [1.82, 2.24) is 24.6 Å². The van der Waals surface area contributed by atoms with E-state index in [0.717, 1.165) is 68.0 Å². The second kappa shape index (κ2) is 8.10. The number of rotatable bonds is 5. The monoisotopic (exact) mass is 376 g/mol. The lowest BCUT2D eigenvalue weighted by molar-refractivity contribution is 0.260. The third-order valence-electron chi connectivity index (χ3n) is 5.29. The molecule has 0 spiro atoms. The molecule has 6 heteroatoms. The molecule has 1 aliphatic heterocycles. The molecule has 6 nitrogen and oxygen atoms in total. The van der Waals surface area contributed by atoms with Gasteiger partial charge >= 0.3 is 0 Å². The molecule has 1 fully saturated rings. The normalized spacial score (nSPS) is 15.2. The van der Waals surface area contributed by atoms with Crippen LogP contribution in [0.15, 0.2) is 42.5 Å². The van der Waals surface area contributed by atoms with Crippen LogP contribution in [0.25, 0.3) is 5.82 Å². The average molecular weight is 377 g/mol. The maximum Gasteiger partial charge on any atom is 0.159 e. The first-order valence-corrected chi connectivity index (χ1v) is 9.99. The summed E-state index contributed by atoms with van der Waals surface area (Å²) in [7, 11) is 0. The molecule has 0 saturated carbocycles. The van der Waals surface area contributed by atoms with Crippen molar-refractivity contribution in [3.05, 3.63) is 65.2 Å². The molecule has 28 heavy (non-hydrogen) atoms. The minimum Gasteiger partial charge on any atom is -0.354 e. The summed E-state index contributed by atoms with van der Waals surface area (Å²) in [6.07, 6.45) is 1.11. The number of benzene rings is 1. The number of hydrogen-bond donors (Lipinski definition) is 0. The first-order chi connectivity index (χ1) is 13.6. The van der Waals surface area contributed by atoms with E-state index in [4.69, 9.17) is 4.98 Å². The zero-order valence-corrected chi connectivity index (χ0v) is 17.0. The first kappa shape index (κ1) is 18.6. The molecule has 146 valence electrons. The fourth-order valence-electron chi connectivity index (χ4n) is 3.80. The van der Waals surface area contributed by atoms with Crippen molar-refractivity contribution in [2.24, 2.45) is 0 Å². The molecule has 3 aromatic rings. The van der Waals surface area contributed by atoms with Gasteiger partial charge in [0, 0.05) is 44.5 Å². The first-order valence-electron chi connectivity index (χ1n) is 9.99. The summed E-state index contributed by atoms with van der Waals surface area (Å²) in [4.78, 5) is 14.2. The van der Waals surface area contributed by atoms with E-state index in [-0.39, 0.29) is 0 Å². The lowest BCUT2D eigenvalue weighted by Gasteiger charge is -2.35. The zero-order valence-electron chi connectivity index (χ0n) is 17.0. The maximum atomic E-state index is 4.69. The molecule has 1 saturated heterocycles. The van der Waals surface area contributed by atoms with Crippen molar-refractivity contribution in [2.75, 3.05) is 37.6 Å². The predicted octanol–water partition coefficient (Wildman–Crippen LogP) is 2.95.